The van der Waals surface area contributed by atoms with Gasteiger partial charge in [0, 0.05) is 11.1 Å². The summed E-state index contributed by atoms with van der Waals surface area (Å²) >= 11 is 0. The van der Waals surface area contributed by atoms with E-state index in [0.29, 0.717) is 5.75 Å². The third-order valence-electron chi connectivity index (χ3n) is 3.98. The molecule has 1 N–H and O–H groups in total. The van der Waals surface area contributed by atoms with E-state index in [1.165, 1.54) is 0 Å². The van der Waals surface area contributed by atoms with Gasteiger partial charge in [0.15, 0.2) is 0 Å². The number of rotatable bonds is 4. The Morgan fingerprint density at radius 1 is 0.640 bits per heavy atom. The highest BCUT2D eigenvalue weighted by Gasteiger charge is 2.13. The summed E-state index contributed by atoms with van der Waals surface area (Å²) in [6.45, 7) is 0. The van der Waals surface area contributed by atoms with Crippen LogP contribution in [0, 0.1) is 0 Å². The van der Waals surface area contributed by atoms with Crippen LogP contribution in [-0.4, -0.2) is 22.7 Å². The standard InChI is InChI=1S/C20H15BN2O2/c24-21-25-16-12-10-15(11-13-16)20-19(14-6-2-1-3-7-14)22-17-8-4-5-9-18(17)23-20/h1-13,21,24H. The van der Waals surface area contributed by atoms with Gasteiger partial charge in [0.25, 0.3) is 0 Å². The minimum Gasteiger partial charge on any atom is -0.539 e. The number of aromatic nitrogens is 2. The van der Waals surface area contributed by atoms with Crippen LogP contribution in [0.5, 0.6) is 5.75 Å². The van der Waals surface area contributed by atoms with Crippen LogP contribution in [-0.2, 0) is 0 Å². The lowest BCUT2D eigenvalue weighted by molar-refractivity contribution is 0.454. The van der Waals surface area contributed by atoms with Gasteiger partial charge >= 0.3 is 7.69 Å². The molecule has 4 aromatic rings. The molecule has 0 saturated heterocycles. The zero-order valence-electron chi connectivity index (χ0n) is 13.5. The maximum absolute atomic E-state index is 8.87. The zero-order chi connectivity index (χ0) is 17.1. The van der Waals surface area contributed by atoms with E-state index in [2.05, 4.69) is 0 Å². The smallest absolute Gasteiger partial charge is 0.504 e. The summed E-state index contributed by atoms with van der Waals surface area (Å²) < 4.78 is 5.10. The first kappa shape index (κ1) is 15.4. The molecule has 0 bridgehead atoms. The number of nitrogens with zero attached hydrogens (tertiary/aromatic N) is 2. The molecule has 0 unspecified atom stereocenters. The summed E-state index contributed by atoms with van der Waals surface area (Å²) in [5.41, 5.74) is 5.35. The second kappa shape index (κ2) is 6.75. The molecule has 4 nitrogen and oxygen atoms in total. The largest absolute Gasteiger partial charge is 0.539 e. The van der Waals surface area contributed by atoms with Gasteiger partial charge in [0.05, 0.1) is 22.4 Å². The van der Waals surface area contributed by atoms with Crippen LogP contribution in [0.1, 0.15) is 0 Å². The van der Waals surface area contributed by atoms with Gasteiger partial charge < -0.3 is 9.68 Å². The van der Waals surface area contributed by atoms with Gasteiger partial charge in [-0.1, -0.05) is 42.5 Å². The van der Waals surface area contributed by atoms with Crippen molar-refractivity contribution in [3.63, 3.8) is 0 Å². The second-order valence-electron chi connectivity index (χ2n) is 5.57. The molecule has 0 atom stereocenters. The number of hydrogen-bond acceptors (Lipinski definition) is 4. The van der Waals surface area contributed by atoms with Crippen molar-refractivity contribution in [2.75, 3.05) is 0 Å². The van der Waals surface area contributed by atoms with Gasteiger partial charge in [0.2, 0.25) is 0 Å². The maximum atomic E-state index is 8.87. The van der Waals surface area contributed by atoms with E-state index >= 15 is 0 Å². The predicted molar refractivity (Wildman–Crippen MR) is 100 cm³/mol. The van der Waals surface area contributed by atoms with Crippen molar-refractivity contribution in [3.8, 4) is 28.3 Å². The maximum Gasteiger partial charge on any atom is 0.504 e. The summed E-state index contributed by atoms with van der Waals surface area (Å²) in [5, 5.41) is 8.87. The van der Waals surface area contributed by atoms with E-state index < -0.39 is 0 Å². The molecular weight excluding hydrogens is 311 g/mol. The van der Waals surface area contributed by atoms with Gasteiger partial charge in [-0.15, -0.1) is 0 Å². The molecule has 3 aromatic carbocycles. The molecule has 1 heterocycles. The predicted octanol–water partition coefficient (Wildman–Crippen LogP) is 3.60. The average molecular weight is 326 g/mol. The number of benzene rings is 3. The Morgan fingerprint density at radius 3 is 1.72 bits per heavy atom. The molecule has 5 heteroatoms. The topological polar surface area (TPSA) is 55.2 Å². The highest BCUT2D eigenvalue weighted by Crippen LogP contribution is 2.31. The van der Waals surface area contributed by atoms with E-state index in [-0.39, 0.29) is 7.69 Å². The summed E-state index contributed by atoms with van der Waals surface area (Å²) in [6.07, 6.45) is 0. The van der Waals surface area contributed by atoms with Crippen LogP contribution in [0.15, 0.2) is 78.9 Å². The molecule has 25 heavy (non-hydrogen) atoms. The molecule has 0 fully saturated rings. The molecule has 0 amide bonds. The van der Waals surface area contributed by atoms with Gasteiger partial charge in [-0.05, 0) is 36.4 Å². The fraction of sp³-hybridized carbons (Fsp3) is 0. The average Bonchev–Trinajstić information content (AvgIpc) is 2.68. The second-order valence-corrected chi connectivity index (χ2v) is 5.57. The first-order valence-corrected chi connectivity index (χ1v) is 8.01. The molecule has 4 rings (SSSR count). The number of fused-ring (bicyclic) bond motifs is 1. The van der Waals surface area contributed by atoms with E-state index in [1.54, 1.807) is 0 Å². The summed E-state index contributed by atoms with van der Waals surface area (Å²) in [4.78, 5) is 9.69. The fourth-order valence-electron chi connectivity index (χ4n) is 2.78. The monoisotopic (exact) mass is 326 g/mol. The van der Waals surface area contributed by atoms with E-state index in [9.17, 15) is 0 Å². The van der Waals surface area contributed by atoms with Crippen LogP contribution < -0.4 is 4.65 Å². The Labute approximate surface area is 146 Å². The molecule has 1 aromatic heterocycles. The van der Waals surface area contributed by atoms with Crippen LogP contribution in [0.3, 0.4) is 0 Å². The SMILES string of the molecule is OBOc1ccc(-c2nc3ccccc3nc2-c2ccccc2)cc1. The van der Waals surface area contributed by atoms with Gasteiger partial charge in [-0.3, -0.25) is 0 Å². The Balaban J connectivity index is 1.91. The normalized spacial score (nSPS) is 10.6. The van der Waals surface area contributed by atoms with Gasteiger partial charge in [0.1, 0.15) is 5.75 Å². The van der Waals surface area contributed by atoms with Crippen molar-refractivity contribution in [3.05, 3.63) is 78.9 Å². The lowest BCUT2D eigenvalue weighted by Crippen LogP contribution is -1.99. The van der Waals surface area contributed by atoms with Crippen molar-refractivity contribution >= 4 is 18.7 Å². The molecule has 0 aliphatic heterocycles. The van der Waals surface area contributed by atoms with E-state index in [4.69, 9.17) is 19.6 Å². The Kier molecular flexibility index (Phi) is 4.15. The Hall–Kier alpha value is -3.18. The van der Waals surface area contributed by atoms with Crippen LogP contribution in [0.2, 0.25) is 0 Å². The van der Waals surface area contributed by atoms with Crippen molar-refractivity contribution in [2.45, 2.75) is 0 Å². The summed E-state index contributed by atoms with van der Waals surface area (Å²) in [5.74, 6) is 0.612. The molecule has 0 saturated carbocycles. The molecule has 0 spiro atoms. The lowest BCUT2D eigenvalue weighted by atomic mass is 10.0. The van der Waals surface area contributed by atoms with E-state index in [0.717, 1.165) is 33.5 Å². The Morgan fingerprint density at radius 2 is 1.16 bits per heavy atom. The quantitative estimate of drug-likeness (QED) is 0.582. The number of para-hydroxylation sites is 2. The molecule has 0 aliphatic rings. The van der Waals surface area contributed by atoms with Crippen LogP contribution >= 0.6 is 0 Å². The summed E-state index contributed by atoms with van der Waals surface area (Å²) in [6, 6.07) is 25.4. The highest BCUT2D eigenvalue weighted by atomic mass is 16.5. The van der Waals surface area contributed by atoms with Crippen molar-refractivity contribution < 1.29 is 9.68 Å². The van der Waals surface area contributed by atoms with Crippen LogP contribution in [0.4, 0.5) is 0 Å². The van der Waals surface area contributed by atoms with Gasteiger partial charge in [-0.2, -0.15) is 0 Å². The first-order chi connectivity index (χ1) is 12.3. The molecule has 0 radical (unpaired) electrons. The van der Waals surface area contributed by atoms with Crippen molar-refractivity contribution in [1.29, 1.82) is 0 Å². The minimum atomic E-state index is -0.343. The van der Waals surface area contributed by atoms with Crippen molar-refractivity contribution in [2.24, 2.45) is 0 Å². The fourth-order valence-corrected chi connectivity index (χ4v) is 2.78. The van der Waals surface area contributed by atoms with E-state index in [1.807, 2.05) is 78.9 Å². The molecular formula is C20H15BN2O2. The molecule has 0 aliphatic carbocycles. The summed E-state index contributed by atoms with van der Waals surface area (Å²) in [7, 11) is -0.343. The Bertz CT molecular complexity index is 1010. The number of hydrogen-bond donors (Lipinski definition) is 1. The third kappa shape index (κ3) is 3.10. The minimum absolute atomic E-state index is 0.343. The highest BCUT2D eigenvalue weighted by molar-refractivity contribution is 6.17. The third-order valence-corrected chi connectivity index (χ3v) is 3.98. The molecule has 120 valence electrons. The zero-order valence-corrected chi connectivity index (χ0v) is 13.5. The lowest BCUT2D eigenvalue weighted by Gasteiger charge is -2.11. The van der Waals surface area contributed by atoms with Crippen molar-refractivity contribution in [1.82, 2.24) is 9.97 Å². The van der Waals surface area contributed by atoms with Gasteiger partial charge in [-0.25, -0.2) is 9.97 Å². The first-order valence-electron chi connectivity index (χ1n) is 8.01. The van der Waals surface area contributed by atoms with Crippen LogP contribution in [0.25, 0.3) is 33.5 Å².